The molecular weight excluding hydrogens is 196 g/mol. The van der Waals surface area contributed by atoms with Gasteiger partial charge in [0.05, 0.1) is 0 Å². The zero-order valence-corrected chi connectivity index (χ0v) is 10.6. The first-order valence-electron chi connectivity index (χ1n) is 6.13. The fourth-order valence-corrected chi connectivity index (χ4v) is 2.28. The van der Waals surface area contributed by atoms with Gasteiger partial charge in [-0.25, -0.2) is 0 Å². The molecule has 1 aliphatic rings. The number of likely N-dealkylation sites (N-methyl/N-ethyl adjacent to an activating group) is 1. The molecule has 0 aliphatic carbocycles. The molecule has 1 heterocycles. The Morgan fingerprint density at radius 1 is 1.31 bits per heavy atom. The highest BCUT2D eigenvalue weighted by Crippen LogP contribution is 2.11. The maximum Gasteiger partial charge on any atom is 0.0210 e. The third-order valence-corrected chi connectivity index (χ3v) is 3.56. The van der Waals surface area contributed by atoms with Gasteiger partial charge < -0.3 is 10.2 Å². The molecule has 1 N–H and O–H groups in total. The standard InChI is InChI=1S/C14H22N2/c1-11-4-5-13(8-12(11)2)9-15-14-6-7-16(3)10-14/h4-5,8,14-15H,6-7,9-10H2,1-3H3. The predicted molar refractivity (Wildman–Crippen MR) is 68.7 cm³/mol. The number of likely N-dealkylation sites (tertiary alicyclic amines) is 1. The van der Waals surface area contributed by atoms with Crippen LogP contribution in [0.15, 0.2) is 18.2 Å². The molecule has 0 amide bonds. The summed E-state index contributed by atoms with van der Waals surface area (Å²) in [5, 5.41) is 3.63. The van der Waals surface area contributed by atoms with Crippen molar-refractivity contribution in [1.82, 2.24) is 10.2 Å². The van der Waals surface area contributed by atoms with Crippen LogP contribution in [0.5, 0.6) is 0 Å². The number of nitrogens with one attached hydrogen (secondary N) is 1. The summed E-state index contributed by atoms with van der Waals surface area (Å²) in [4.78, 5) is 2.39. The first kappa shape index (κ1) is 11.6. The van der Waals surface area contributed by atoms with E-state index in [1.165, 1.54) is 36.2 Å². The molecular formula is C14H22N2. The van der Waals surface area contributed by atoms with E-state index < -0.39 is 0 Å². The van der Waals surface area contributed by atoms with Crippen molar-refractivity contribution in [2.24, 2.45) is 0 Å². The molecule has 2 heteroatoms. The van der Waals surface area contributed by atoms with Crippen LogP contribution in [0.3, 0.4) is 0 Å². The fourth-order valence-electron chi connectivity index (χ4n) is 2.28. The van der Waals surface area contributed by atoms with Gasteiger partial charge in [0.15, 0.2) is 0 Å². The second kappa shape index (κ2) is 4.98. The fraction of sp³-hybridized carbons (Fsp3) is 0.571. The summed E-state index contributed by atoms with van der Waals surface area (Å²) in [5.74, 6) is 0. The Labute approximate surface area is 98.7 Å². The topological polar surface area (TPSA) is 15.3 Å². The van der Waals surface area contributed by atoms with Crippen LogP contribution in [0, 0.1) is 13.8 Å². The van der Waals surface area contributed by atoms with Crippen LogP contribution in [0.1, 0.15) is 23.1 Å². The zero-order chi connectivity index (χ0) is 11.5. The van der Waals surface area contributed by atoms with Gasteiger partial charge >= 0.3 is 0 Å². The van der Waals surface area contributed by atoms with Crippen molar-refractivity contribution in [2.75, 3.05) is 20.1 Å². The molecule has 0 aromatic heterocycles. The van der Waals surface area contributed by atoms with Gasteiger partial charge in [-0.15, -0.1) is 0 Å². The Morgan fingerprint density at radius 2 is 2.12 bits per heavy atom. The van der Waals surface area contributed by atoms with Crippen LogP contribution in [-0.2, 0) is 6.54 Å². The van der Waals surface area contributed by atoms with Gasteiger partial charge in [-0.2, -0.15) is 0 Å². The molecule has 1 aromatic carbocycles. The monoisotopic (exact) mass is 218 g/mol. The van der Waals surface area contributed by atoms with Crippen molar-refractivity contribution < 1.29 is 0 Å². The lowest BCUT2D eigenvalue weighted by molar-refractivity contribution is 0.397. The van der Waals surface area contributed by atoms with Crippen molar-refractivity contribution in [3.63, 3.8) is 0 Å². The van der Waals surface area contributed by atoms with Gasteiger partial charge in [0.25, 0.3) is 0 Å². The van der Waals surface area contributed by atoms with Crippen LogP contribution < -0.4 is 5.32 Å². The highest BCUT2D eigenvalue weighted by molar-refractivity contribution is 5.29. The third kappa shape index (κ3) is 2.83. The normalized spacial score (nSPS) is 21.6. The zero-order valence-electron chi connectivity index (χ0n) is 10.6. The van der Waals surface area contributed by atoms with Gasteiger partial charge in [0.2, 0.25) is 0 Å². The number of aryl methyl sites for hydroxylation is 2. The Bertz CT molecular complexity index is 360. The highest BCUT2D eigenvalue weighted by atomic mass is 15.2. The number of benzene rings is 1. The largest absolute Gasteiger partial charge is 0.309 e. The molecule has 2 nitrogen and oxygen atoms in total. The van der Waals surface area contributed by atoms with E-state index in [1.807, 2.05) is 0 Å². The van der Waals surface area contributed by atoms with E-state index in [1.54, 1.807) is 0 Å². The summed E-state index contributed by atoms with van der Waals surface area (Å²) in [7, 11) is 2.19. The van der Waals surface area contributed by atoms with E-state index in [2.05, 4.69) is 49.3 Å². The van der Waals surface area contributed by atoms with E-state index >= 15 is 0 Å². The van der Waals surface area contributed by atoms with Crippen LogP contribution >= 0.6 is 0 Å². The maximum atomic E-state index is 3.63. The molecule has 88 valence electrons. The first-order chi connectivity index (χ1) is 7.65. The molecule has 1 atom stereocenters. The smallest absolute Gasteiger partial charge is 0.0210 e. The van der Waals surface area contributed by atoms with Crippen molar-refractivity contribution in [3.8, 4) is 0 Å². The Morgan fingerprint density at radius 3 is 2.75 bits per heavy atom. The second-order valence-electron chi connectivity index (χ2n) is 5.05. The van der Waals surface area contributed by atoms with Crippen molar-refractivity contribution in [2.45, 2.75) is 32.9 Å². The highest BCUT2D eigenvalue weighted by Gasteiger charge is 2.18. The Balaban J connectivity index is 1.87. The van der Waals surface area contributed by atoms with E-state index in [0.29, 0.717) is 6.04 Å². The Kier molecular flexibility index (Phi) is 3.62. The van der Waals surface area contributed by atoms with E-state index in [0.717, 1.165) is 6.54 Å². The molecule has 16 heavy (non-hydrogen) atoms. The van der Waals surface area contributed by atoms with E-state index in [9.17, 15) is 0 Å². The SMILES string of the molecule is Cc1ccc(CNC2CCN(C)C2)cc1C. The van der Waals surface area contributed by atoms with Gasteiger partial charge in [0, 0.05) is 19.1 Å². The molecule has 1 aromatic rings. The minimum Gasteiger partial charge on any atom is -0.309 e. The summed E-state index contributed by atoms with van der Waals surface area (Å²) in [6.45, 7) is 7.76. The summed E-state index contributed by atoms with van der Waals surface area (Å²) in [6.07, 6.45) is 1.28. The summed E-state index contributed by atoms with van der Waals surface area (Å²) >= 11 is 0. The van der Waals surface area contributed by atoms with Gasteiger partial charge in [-0.1, -0.05) is 18.2 Å². The average molecular weight is 218 g/mol. The summed E-state index contributed by atoms with van der Waals surface area (Å²) < 4.78 is 0. The van der Waals surface area contributed by atoms with Crippen molar-refractivity contribution in [1.29, 1.82) is 0 Å². The van der Waals surface area contributed by atoms with Crippen LogP contribution in [0.2, 0.25) is 0 Å². The molecule has 2 rings (SSSR count). The Hall–Kier alpha value is -0.860. The minimum absolute atomic E-state index is 0.673. The number of rotatable bonds is 3. The second-order valence-corrected chi connectivity index (χ2v) is 5.05. The molecule has 0 saturated carbocycles. The van der Waals surface area contributed by atoms with Gasteiger partial charge in [0.1, 0.15) is 0 Å². The lowest BCUT2D eigenvalue weighted by Crippen LogP contribution is -2.30. The summed E-state index contributed by atoms with van der Waals surface area (Å²) in [5.41, 5.74) is 4.17. The predicted octanol–water partition coefficient (Wildman–Crippen LogP) is 2.10. The van der Waals surface area contributed by atoms with Crippen LogP contribution in [-0.4, -0.2) is 31.1 Å². The van der Waals surface area contributed by atoms with E-state index in [4.69, 9.17) is 0 Å². The lowest BCUT2D eigenvalue weighted by atomic mass is 10.1. The average Bonchev–Trinajstić information content (AvgIpc) is 2.66. The lowest BCUT2D eigenvalue weighted by Gasteiger charge is -2.13. The number of nitrogens with zero attached hydrogens (tertiary/aromatic N) is 1. The molecule has 1 unspecified atom stereocenters. The quantitative estimate of drug-likeness (QED) is 0.836. The first-order valence-corrected chi connectivity index (χ1v) is 6.13. The maximum absolute atomic E-state index is 3.63. The van der Waals surface area contributed by atoms with Gasteiger partial charge in [-0.3, -0.25) is 0 Å². The third-order valence-electron chi connectivity index (χ3n) is 3.56. The van der Waals surface area contributed by atoms with E-state index in [-0.39, 0.29) is 0 Å². The van der Waals surface area contributed by atoms with Gasteiger partial charge in [-0.05, 0) is 50.6 Å². The van der Waals surface area contributed by atoms with Crippen molar-refractivity contribution >= 4 is 0 Å². The van der Waals surface area contributed by atoms with Crippen molar-refractivity contribution in [3.05, 3.63) is 34.9 Å². The molecule has 0 radical (unpaired) electrons. The molecule has 0 spiro atoms. The summed E-state index contributed by atoms with van der Waals surface area (Å²) in [6, 6.07) is 7.41. The molecule has 1 saturated heterocycles. The molecule has 1 aliphatic heterocycles. The molecule has 1 fully saturated rings. The number of hydrogen-bond donors (Lipinski definition) is 1. The minimum atomic E-state index is 0.673. The molecule has 0 bridgehead atoms. The number of hydrogen-bond acceptors (Lipinski definition) is 2. The van der Waals surface area contributed by atoms with Crippen LogP contribution in [0.25, 0.3) is 0 Å². The van der Waals surface area contributed by atoms with Crippen LogP contribution in [0.4, 0.5) is 0 Å².